The topological polar surface area (TPSA) is 57.5 Å². The molecule has 1 atom stereocenters. The van der Waals surface area contributed by atoms with Crippen molar-refractivity contribution in [3.63, 3.8) is 0 Å². The van der Waals surface area contributed by atoms with Crippen molar-refractivity contribution in [2.75, 3.05) is 21.1 Å². The zero-order chi connectivity index (χ0) is 10.2. The van der Waals surface area contributed by atoms with Gasteiger partial charge in [0.2, 0.25) is 0 Å². The highest BCUT2D eigenvalue weighted by molar-refractivity contribution is 7.52. The van der Waals surface area contributed by atoms with E-state index in [1.54, 1.807) is 21.1 Å². The second-order valence-electron chi connectivity index (χ2n) is 4.36. The largest absolute Gasteiger partial charge is 0.382 e. The van der Waals surface area contributed by atoms with Crippen LogP contribution in [0.4, 0.5) is 0 Å². The summed E-state index contributed by atoms with van der Waals surface area (Å²) in [6.07, 6.45) is 0. The molecule has 0 saturated heterocycles. The summed E-state index contributed by atoms with van der Waals surface area (Å²) in [6, 6.07) is 0. The van der Waals surface area contributed by atoms with Crippen molar-refractivity contribution in [1.29, 1.82) is 0 Å². The van der Waals surface area contributed by atoms with Gasteiger partial charge in [-0.2, -0.15) is 0 Å². The van der Waals surface area contributed by atoms with Gasteiger partial charge in [-0.1, -0.05) is 13.8 Å². The maximum atomic E-state index is 11.1. The maximum Gasteiger partial charge on any atom is 0.382 e. The molecule has 0 aliphatic rings. The second-order valence-corrected chi connectivity index (χ2v) is 6.07. The summed E-state index contributed by atoms with van der Waals surface area (Å²) < 4.78 is 11.4. The predicted molar refractivity (Wildman–Crippen MR) is 48.7 cm³/mol. The fourth-order valence-corrected chi connectivity index (χ4v) is 3.41. The summed E-state index contributed by atoms with van der Waals surface area (Å²) in [4.78, 5) is 18.2. The van der Waals surface area contributed by atoms with Gasteiger partial charge in [-0.15, -0.1) is 0 Å². The van der Waals surface area contributed by atoms with Crippen LogP contribution in [0.3, 0.4) is 0 Å². The molecule has 0 saturated carbocycles. The Morgan fingerprint density at radius 2 is 1.50 bits per heavy atom. The second kappa shape index (κ2) is 3.46. The highest BCUT2D eigenvalue weighted by atomic mass is 31.2. The van der Waals surface area contributed by atoms with E-state index in [0.717, 1.165) is 0 Å². The van der Waals surface area contributed by atoms with Crippen LogP contribution in [0.25, 0.3) is 0 Å². The highest BCUT2D eigenvalue weighted by Gasteiger charge is 2.42. The quantitative estimate of drug-likeness (QED) is 0.519. The van der Waals surface area contributed by atoms with Crippen LogP contribution in [0.2, 0.25) is 0 Å². The van der Waals surface area contributed by atoms with Crippen LogP contribution in [0.5, 0.6) is 0 Å². The van der Waals surface area contributed by atoms with Crippen LogP contribution in [0.15, 0.2) is 0 Å². The lowest BCUT2D eigenvalue weighted by atomic mass is 10.2. The maximum absolute atomic E-state index is 11.1. The molecule has 0 heterocycles. The molecule has 0 bridgehead atoms. The van der Waals surface area contributed by atoms with E-state index in [1.165, 1.54) is 0 Å². The van der Waals surface area contributed by atoms with Crippen molar-refractivity contribution in [3.8, 4) is 0 Å². The van der Waals surface area contributed by atoms with E-state index in [-0.39, 0.29) is 5.92 Å². The minimum Gasteiger partial charge on any atom is -0.320 e. The molecule has 74 valence electrons. The van der Waals surface area contributed by atoms with Crippen LogP contribution >= 0.6 is 7.60 Å². The van der Waals surface area contributed by atoms with E-state index in [4.69, 9.17) is 9.79 Å². The van der Waals surface area contributed by atoms with Gasteiger partial charge in [0.05, 0.1) is 21.1 Å². The highest BCUT2D eigenvalue weighted by Crippen LogP contribution is 2.47. The smallest absolute Gasteiger partial charge is 0.320 e. The molecule has 0 aromatic carbocycles. The van der Waals surface area contributed by atoms with Crippen molar-refractivity contribution in [3.05, 3.63) is 0 Å². The lowest BCUT2D eigenvalue weighted by molar-refractivity contribution is -0.886. The summed E-state index contributed by atoms with van der Waals surface area (Å²) in [7, 11) is 1.40. The van der Waals surface area contributed by atoms with Crippen molar-refractivity contribution < 1.29 is 18.8 Å². The number of rotatable bonds is 3. The SMILES string of the molecule is CC(C)[C@H]([N+](C)(C)C)P(=O)(O)O. The first-order valence-corrected chi connectivity index (χ1v) is 5.61. The summed E-state index contributed by atoms with van der Waals surface area (Å²) in [5, 5.41) is 0. The molecule has 0 aliphatic heterocycles. The fraction of sp³-hybridized carbons (Fsp3) is 1.00. The number of hydrogen-bond acceptors (Lipinski definition) is 1. The van der Waals surface area contributed by atoms with E-state index >= 15 is 0 Å². The predicted octanol–water partition coefficient (Wildman–Crippen LogP) is 0.852. The van der Waals surface area contributed by atoms with Gasteiger partial charge in [-0.25, -0.2) is 0 Å². The Kier molecular flexibility index (Phi) is 3.49. The third-order valence-electron chi connectivity index (χ3n) is 1.73. The Morgan fingerprint density at radius 3 is 1.50 bits per heavy atom. The molecular weight excluding hydrogens is 177 g/mol. The first kappa shape index (κ1) is 12.1. The molecule has 0 aromatic heterocycles. The summed E-state index contributed by atoms with van der Waals surface area (Å²) in [6.45, 7) is 3.65. The Balaban J connectivity index is 4.83. The van der Waals surface area contributed by atoms with E-state index in [2.05, 4.69) is 0 Å². The fourth-order valence-electron chi connectivity index (χ4n) is 1.73. The first-order valence-electron chi connectivity index (χ1n) is 3.93. The van der Waals surface area contributed by atoms with Crippen LogP contribution in [0.1, 0.15) is 13.8 Å². The van der Waals surface area contributed by atoms with Gasteiger partial charge in [0.25, 0.3) is 0 Å². The summed E-state index contributed by atoms with van der Waals surface area (Å²) in [5.74, 6) is -0.636. The average Bonchev–Trinajstić information content (AvgIpc) is 1.49. The van der Waals surface area contributed by atoms with E-state index in [0.29, 0.717) is 4.48 Å². The van der Waals surface area contributed by atoms with Gasteiger partial charge < -0.3 is 14.3 Å². The first-order chi connectivity index (χ1) is 5.07. The molecule has 0 fully saturated rings. The molecule has 0 aromatic rings. The van der Waals surface area contributed by atoms with E-state index < -0.39 is 13.4 Å². The van der Waals surface area contributed by atoms with E-state index in [9.17, 15) is 4.57 Å². The van der Waals surface area contributed by atoms with Gasteiger partial charge in [0.1, 0.15) is 0 Å². The Bertz CT molecular complexity index is 191. The van der Waals surface area contributed by atoms with Crippen LogP contribution in [0, 0.1) is 5.92 Å². The minimum atomic E-state index is -3.98. The number of hydrogen-bond donors (Lipinski definition) is 2. The zero-order valence-corrected chi connectivity index (χ0v) is 9.25. The molecule has 0 amide bonds. The molecule has 0 radical (unpaired) electrons. The Hall–Kier alpha value is 0.110. The third kappa shape index (κ3) is 3.23. The van der Waals surface area contributed by atoms with Gasteiger partial charge >= 0.3 is 7.60 Å². The lowest BCUT2D eigenvalue weighted by Gasteiger charge is -2.36. The van der Waals surface area contributed by atoms with Gasteiger partial charge in [-0.3, -0.25) is 4.57 Å². The van der Waals surface area contributed by atoms with Crippen molar-refractivity contribution in [1.82, 2.24) is 0 Å². The van der Waals surface area contributed by atoms with Crippen LogP contribution in [-0.4, -0.2) is 41.2 Å². The molecule has 0 unspecified atom stereocenters. The Morgan fingerprint density at radius 1 is 1.17 bits per heavy atom. The zero-order valence-electron chi connectivity index (χ0n) is 8.35. The lowest BCUT2D eigenvalue weighted by Crippen LogP contribution is -2.47. The minimum absolute atomic E-state index is 0.0224. The molecule has 0 rings (SSSR count). The summed E-state index contributed by atoms with van der Waals surface area (Å²) >= 11 is 0. The summed E-state index contributed by atoms with van der Waals surface area (Å²) in [5.41, 5.74) is 0. The third-order valence-corrected chi connectivity index (χ3v) is 3.71. The number of nitrogens with zero attached hydrogens (tertiary/aromatic N) is 1. The molecule has 5 heteroatoms. The van der Waals surface area contributed by atoms with Crippen molar-refractivity contribution in [2.24, 2.45) is 5.92 Å². The number of quaternary nitrogens is 1. The van der Waals surface area contributed by atoms with Crippen LogP contribution < -0.4 is 0 Å². The van der Waals surface area contributed by atoms with Gasteiger partial charge in [0.15, 0.2) is 5.78 Å². The molecule has 12 heavy (non-hydrogen) atoms. The monoisotopic (exact) mass is 196 g/mol. The van der Waals surface area contributed by atoms with E-state index in [1.807, 2.05) is 13.8 Å². The standard InChI is InChI=1S/C7H18NO3P/c1-6(2)7(8(3,4)5)12(9,10)11/h6-7H,1-5H3,(H-,9,10,11)/p+1/t7-/m1/s1. The molecule has 0 aliphatic carbocycles. The van der Waals surface area contributed by atoms with Crippen molar-refractivity contribution >= 4 is 7.60 Å². The molecule has 4 nitrogen and oxygen atoms in total. The normalized spacial score (nSPS) is 16.7. The van der Waals surface area contributed by atoms with Crippen molar-refractivity contribution in [2.45, 2.75) is 19.6 Å². The molecular formula is C7H19NO3P+. The molecule has 2 N–H and O–H groups in total. The van der Waals surface area contributed by atoms with Gasteiger partial charge in [0, 0.05) is 5.92 Å². The Labute approximate surface area is 74.0 Å². The van der Waals surface area contributed by atoms with Crippen LogP contribution in [-0.2, 0) is 4.57 Å². The van der Waals surface area contributed by atoms with Gasteiger partial charge in [-0.05, 0) is 0 Å². The molecule has 0 spiro atoms. The average molecular weight is 196 g/mol.